The SMILES string of the molecule is CC(C)(C)c1cccc(Oc2cnccc2CO)c1. The number of rotatable bonds is 3. The summed E-state index contributed by atoms with van der Waals surface area (Å²) in [5.41, 5.74) is 2.02. The molecule has 2 aromatic rings. The van der Waals surface area contributed by atoms with Crippen LogP contribution in [0.25, 0.3) is 0 Å². The van der Waals surface area contributed by atoms with Crippen LogP contribution in [0.4, 0.5) is 0 Å². The van der Waals surface area contributed by atoms with Crippen LogP contribution < -0.4 is 4.74 Å². The molecule has 1 heterocycles. The summed E-state index contributed by atoms with van der Waals surface area (Å²) in [6, 6.07) is 9.74. The lowest BCUT2D eigenvalue weighted by Crippen LogP contribution is -2.10. The largest absolute Gasteiger partial charge is 0.455 e. The molecule has 3 nitrogen and oxygen atoms in total. The highest BCUT2D eigenvalue weighted by atomic mass is 16.5. The number of hydrogen-bond acceptors (Lipinski definition) is 3. The first-order valence-corrected chi connectivity index (χ1v) is 6.33. The number of pyridine rings is 1. The van der Waals surface area contributed by atoms with Crippen molar-refractivity contribution in [2.75, 3.05) is 0 Å². The van der Waals surface area contributed by atoms with Crippen molar-refractivity contribution in [3.8, 4) is 11.5 Å². The molecular formula is C16H19NO2. The summed E-state index contributed by atoms with van der Waals surface area (Å²) in [6.07, 6.45) is 3.26. The first-order valence-electron chi connectivity index (χ1n) is 6.33. The minimum atomic E-state index is -0.0587. The van der Waals surface area contributed by atoms with Crippen LogP contribution in [0.1, 0.15) is 31.9 Å². The first kappa shape index (κ1) is 13.6. The number of ether oxygens (including phenoxy) is 1. The van der Waals surface area contributed by atoms with Gasteiger partial charge >= 0.3 is 0 Å². The average Bonchev–Trinajstić information content (AvgIpc) is 2.39. The van der Waals surface area contributed by atoms with Crippen molar-refractivity contribution in [3.05, 3.63) is 53.9 Å². The second-order valence-corrected chi connectivity index (χ2v) is 5.52. The molecule has 0 fully saturated rings. The van der Waals surface area contributed by atoms with Gasteiger partial charge in [-0.05, 0) is 29.2 Å². The Hall–Kier alpha value is -1.87. The van der Waals surface area contributed by atoms with Gasteiger partial charge in [0.1, 0.15) is 5.75 Å². The zero-order valence-electron chi connectivity index (χ0n) is 11.6. The second kappa shape index (κ2) is 5.41. The van der Waals surface area contributed by atoms with Crippen LogP contribution in [-0.2, 0) is 12.0 Å². The Morgan fingerprint density at radius 2 is 2.00 bits per heavy atom. The zero-order chi connectivity index (χ0) is 13.9. The van der Waals surface area contributed by atoms with Crippen LogP contribution in [0, 0.1) is 0 Å². The lowest BCUT2D eigenvalue weighted by Gasteiger charge is -2.20. The number of aliphatic hydroxyl groups excluding tert-OH is 1. The van der Waals surface area contributed by atoms with Gasteiger partial charge in [0, 0.05) is 11.8 Å². The molecule has 1 aromatic heterocycles. The third-order valence-electron chi connectivity index (χ3n) is 2.97. The number of aromatic nitrogens is 1. The summed E-state index contributed by atoms with van der Waals surface area (Å²) < 4.78 is 5.81. The van der Waals surface area contributed by atoms with Crippen LogP contribution in [0.2, 0.25) is 0 Å². The van der Waals surface area contributed by atoms with E-state index in [2.05, 4.69) is 31.8 Å². The lowest BCUT2D eigenvalue weighted by molar-refractivity contribution is 0.276. The van der Waals surface area contributed by atoms with Crippen molar-refractivity contribution in [2.24, 2.45) is 0 Å². The zero-order valence-corrected chi connectivity index (χ0v) is 11.6. The molecule has 1 aromatic carbocycles. The van der Waals surface area contributed by atoms with E-state index in [4.69, 9.17) is 4.74 Å². The van der Waals surface area contributed by atoms with E-state index in [1.54, 1.807) is 18.5 Å². The molecule has 100 valence electrons. The van der Waals surface area contributed by atoms with Gasteiger partial charge in [-0.15, -0.1) is 0 Å². The third kappa shape index (κ3) is 3.32. The molecule has 2 rings (SSSR count). The summed E-state index contributed by atoms with van der Waals surface area (Å²) in [5.74, 6) is 1.35. The summed E-state index contributed by atoms with van der Waals surface area (Å²) in [5, 5.41) is 9.27. The molecule has 1 N–H and O–H groups in total. The maximum Gasteiger partial charge on any atom is 0.151 e. The number of hydrogen-bond donors (Lipinski definition) is 1. The van der Waals surface area contributed by atoms with E-state index in [-0.39, 0.29) is 12.0 Å². The van der Waals surface area contributed by atoms with Gasteiger partial charge in [0.2, 0.25) is 0 Å². The molecule has 0 aliphatic heterocycles. The molecule has 0 saturated heterocycles. The van der Waals surface area contributed by atoms with E-state index >= 15 is 0 Å². The summed E-state index contributed by atoms with van der Waals surface area (Å²) in [7, 11) is 0. The molecule has 0 saturated carbocycles. The number of aliphatic hydroxyl groups is 1. The molecule has 19 heavy (non-hydrogen) atoms. The van der Waals surface area contributed by atoms with Crippen LogP contribution in [0.5, 0.6) is 11.5 Å². The fourth-order valence-corrected chi connectivity index (χ4v) is 1.78. The Labute approximate surface area is 113 Å². The minimum Gasteiger partial charge on any atom is -0.455 e. The van der Waals surface area contributed by atoms with Crippen molar-refractivity contribution in [3.63, 3.8) is 0 Å². The first-order chi connectivity index (χ1) is 9.00. The molecular weight excluding hydrogens is 238 g/mol. The van der Waals surface area contributed by atoms with Crippen molar-refractivity contribution in [2.45, 2.75) is 32.8 Å². The van der Waals surface area contributed by atoms with Gasteiger partial charge < -0.3 is 9.84 Å². The van der Waals surface area contributed by atoms with Crippen LogP contribution in [-0.4, -0.2) is 10.1 Å². The smallest absolute Gasteiger partial charge is 0.151 e. The normalized spacial score (nSPS) is 11.4. The van der Waals surface area contributed by atoms with Gasteiger partial charge in [0.15, 0.2) is 5.75 Å². The Balaban J connectivity index is 2.29. The molecule has 0 radical (unpaired) electrons. The maximum absolute atomic E-state index is 9.27. The fourth-order valence-electron chi connectivity index (χ4n) is 1.78. The van der Waals surface area contributed by atoms with Gasteiger partial charge in [-0.3, -0.25) is 4.98 Å². The summed E-state index contributed by atoms with van der Waals surface area (Å²) in [4.78, 5) is 4.02. The molecule has 0 aliphatic carbocycles. The van der Waals surface area contributed by atoms with Crippen LogP contribution >= 0.6 is 0 Å². The maximum atomic E-state index is 9.27. The van der Waals surface area contributed by atoms with Crippen molar-refractivity contribution >= 4 is 0 Å². The molecule has 0 aliphatic rings. The minimum absolute atomic E-state index is 0.0587. The van der Waals surface area contributed by atoms with E-state index in [1.807, 2.05) is 18.2 Å². The van der Waals surface area contributed by atoms with Crippen molar-refractivity contribution in [1.29, 1.82) is 0 Å². The molecule has 0 atom stereocenters. The Kier molecular flexibility index (Phi) is 3.86. The van der Waals surface area contributed by atoms with E-state index in [1.165, 1.54) is 5.56 Å². The lowest BCUT2D eigenvalue weighted by atomic mass is 9.87. The van der Waals surface area contributed by atoms with E-state index in [0.29, 0.717) is 5.75 Å². The fraction of sp³-hybridized carbons (Fsp3) is 0.312. The van der Waals surface area contributed by atoms with Crippen molar-refractivity contribution in [1.82, 2.24) is 4.98 Å². The quantitative estimate of drug-likeness (QED) is 0.912. The molecule has 0 amide bonds. The monoisotopic (exact) mass is 257 g/mol. The van der Waals surface area contributed by atoms with E-state index in [9.17, 15) is 5.11 Å². The Morgan fingerprint density at radius 3 is 2.68 bits per heavy atom. The van der Waals surface area contributed by atoms with E-state index < -0.39 is 0 Å². The van der Waals surface area contributed by atoms with E-state index in [0.717, 1.165) is 11.3 Å². The number of benzene rings is 1. The highest BCUT2D eigenvalue weighted by molar-refractivity contribution is 5.38. The van der Waals surface area contributed by atoms with Crippen LogP contribution in [0.15, 0.2) is 42.7 Å². The van der Waals surface area contributed by atoms with Gasteiger partial charge in [0.05, 0.1) is 12.8 Å². The summed E-state index contributed by atoms with van der Waals surface area (Å²) >= 11 is 0. The Morgan fingerprint density at radius 1 is 1.21 bits per heavy atom. The highest BCUT2D eigenvalue weighted by Crippen LogP contribution is 2.29. The molecule has 0 unspecified atom stereocenters. The van der Waals surface area contributed by atoms with Gasteiger partial charge in [-0.1, -0.05) is 32.9 Å². The van der Waals surface area contributed by atoms with Crippen LogP contribution in [0.3, 0.4) is 0 Å². The van der Waals surface area contributed by atoms with Gasteiger partial charge in [-0.2, -0.15) is 0 Å². The van der Waals surface area contributed by atoms with Gasteiger partial charge in [-0.25, -0.2) is 0 Å². The number of nitrogens with zero attached hydrogens (tertiary/aromatic N) is 1. The standard InChI is InChI=1S/C16H19NO2/c1-16(2,3)13-5-4-6-14(9-13)19-15-10-17-8-7-12(15)11-18/h4-10,18H,11H2,1-3H3. The molecule has 3 heteroatoms. The predicted molar refractivity (Wildman–Crippen MR) is 75.4 cm³/mol. The van der Waals surface area contributed by atoms with Crippen molar-refractivity contribution < 1.29 is 9.84 Å². The molecule has 0 bridgehead atoms. The molecule has 0 spiro atoms. The predicted octanol–water partition coefficient (Wildman–Crippen LogP) is 3.66. The summed E-state index contributed by atoms with van der Waals surface area (Å²) in [6.45, 7) is 6.43. The average molecular weight is 257 g/mol. The topological polar surface area (TPSA) is 42.4 Å². The highest BCUT2D eigenvalue weighted by Gasteiger charge is 2.14. The second-order valence-electron chi connectivity index (χ2n) is 5.52. The third-order valence-corrected chi connectivity index (χ3v) is 2.97. The van der Waals surface area contributed by atoms with Gasteiger partial charge in [0.25, 0.3) is 0 Å². The Bertz CT molecular complexity index is 559.